The average molecular weight is 405 g/mol. The van der Waals surface area contributed by atoms with Crippen molar-refractivity contribution in [3.63, 3.8) is 0 Å². The summed E-state index contributed by atoms with van der Waals surface area (Å²) in [7, 11) is 0. The molecule has 0 N–H and O–H groups in total. The number of carbonyl (C=O) groups excluding carboxylic acids is 1. The van der Waals surface area contributed by atoms with Crippen molar-refractivity contribution < 1.29 is 23.6 Å². The van der Waals surface area contributed by atoms with Gasteiger partial charge >= 0.3 is 12.2 Å². The van der Waals surface area contributed by atoms with Crippen molar-refractivity contribution in [2.24, 2.45) is 0 Å². The van der Waals surface area contributed by atoms with Crippen LogP contribution < -0.4 is 4.74 Å². The number of hydrogen-bond donors (Lipinski definition) is 0. The van der Waals surface area contributed by atoms with Crippen molar-refractivity contribution in [1.29, 1.82) is 0 Å². The summed E-state index contributed by atoms with van der Waals surface area (Å²) in [6.07, 6.45) is 4.38. The maximum atomic E-state index is 12.5. The lowest BCUT2D eigenvalue weighted by Gasteiger charge is -2.36. The third-order valence-electron chi connectivity index (χ3n) is 4.72. The summed E-state index contributed by atoms with van der Waals surface area (Å²) in [5.74, 6) is 0. The Bertz CT molecular complexity index is 873. The number of likely N-dealkylation sites (tertiary alicyclic amines) is 1. The van der Waals surface area contributed by atoms with Crippen LogP contribution in [0.4, 0.5) is 10.5 Å². The van der Waals surface area contributed by atoms with Crippen LogP contribution >= 0.6 is 0 Å². The van der Waals surface area contributed by atoms with Crippen LogP contribution in [0.3, 0.4) is 0 Å². The van der Waals surface area contributed by atoms with Gasteiger partial charge in [-0.3, -0.25) is 10.1 Å². The minimum absolute atomic E-state index is 0.0446. The number of non-ortho nitro benzene ring substituents is 1. The molecule has 1 aliphatic heterocycles. The van der Waals surface area contributed by atoms with Gasteiger partial charge in [-0.05, 0) is 58.9 Å². The fourth-order valence-corrected chi connectivity index (χ4v) is 3.41. The lowest BCUT2D eigenvalue weighted by molar-refractivity contribution is -0.384. The van der Waals surface area contributed by atoms with Crippen molar-refractivity contribution in [1.82, 2.24) is 9.88 Å². The van der Waals surface area contributed by atoms with Gasteiger partial charge in [-0.1, -0.05) is 0 Å². The number of rotatable bonds is 6. The molecule has 0 radical (unpaired) electrons. The Morgan fingerprint density at radius 1 is 1.38 bits per heavy atom. The highest BCUT2D eigenvalue weighted by Gasteiger charge is 2.30. The van der Waals surface area contributed by atoms with Crippen molar-refractivity contribution in [2.75, 3.05) is 13.2 Å². The molecular formula is C20H27N3O6. The Morgan fingerprint density at radius 3 is 2.90 bits per heavy atom. The van der Waals surface area contributed by atoms with Gasteiger partial charge < -0.3 is 18.8 Å². The summed E-state index contributed by atoms with van der Waals surface area (Å²) in [5.41, 5.74) is 0.271. The first-order valence-corrected chi connectivity index (χ1v) is 9.90. The van der Waals surface area contributed by atoms with Gasteiger partial charge in [-0.25, -0.2) is 4.79 Å². The second-order valence-corrected chi connectivity index (χ2v) is 8.20. The molecule has 0 spiro atoms. The van der Waals surface area contributed by atoms with Gasteiger partial charge in [0, 0.05) is 24.7 Å². The molecule has 1 atom stereocenters. The second-order valence-electron chi connectivity index (χ2n) is 8.20. The summed E-state index contributed by atoms with van der Waals surface area (Å²) in [6.45, 7) is 6.70. The molecule has 0 aliphatic carbocycles. The number of carbonyl (C=O) groups is 1. The van der Waals surface area contributed by atoms with Crippen LogP contribution in [0.15, 0.2) is 22.6 Å². The molecule has 1 fully saturated rings. The highest BCUT2D eigenvalue weighted by molar-refractivity contribution is 5.75. The molecule has 29 heavy (non-hydrogen) atoms. The molecular weight excluding hydrogens is 378 g/mol. The Morgan fingerprint density at radius 2 is 2.17 bits per heavy atom. The molecule has 1 amide bonds. The number of nitro groups is 1. The van der Waals surface area contributed by atoms with E-state index in [1.54, 1.807) is 0 Å². The number of fused-ring (bicyclic) bond motifs is 1. The molecule has 0 unspecified atom stereocenters. The highest BCUT2D eigenvalue weighted by atomic mass is 16.6. The molecule has 2 heterocycles. The van der Waals surface area contributed by atoms with Gasteiger partial charge in [0.1, 0.15) is 11.1 Å². The van der Waals surface area contributed by atoms with Gasteiger partial charge in [-0.15, -0.1) is 0 Å². The Balaban J connectivity index is 1.51. The fourth-order valence-electron chi connectivity index (χ4n) is 3.41. The van der Waals surface area contributed by atoms with Crippen molar-refractivity contribution in [3.05, 3.63) is 28.3 Å². The van der Waals surface area contributed by atoms with E-state index < -0.39 is 10.5 Å². The van der Waals surface area contributed by atoms with E-state index in [1.807, 2.05) is 25.7 Å². The molecule has 1 aromatic carbocycles. The number of oxazole rings is 1. The lowest BCUT2D eigenvalue weighted by Crippen LogP contribution is -2.46. The summed E-state index contributed by atoms with van der Waals surface area (Å²) >= 11 is 0. The van der Waals surface area contributed by atoms with Crippen molar-refractivity contribution in [2.45, 2.75) is 64.5 Å². The first kappa shape index (κ1) is 20.9. The summed E-state index contributed by atoms with van der Waals surface area (Å²) in [6, 6.07) is 4.36. The third kappa shape index (κ3) is 5.58. The molecule has 2 aromatic rings. The van der Waals surface area contributed by atoms with Gasteiger partial charge in [-0.2, -0.15) is 4.98 Å². The van der Waals surface area contributed by atoms with Crippen LogP contribution in [-0.4, -0.2) is 45.7 Å². The molecule has 0 saturated carbocycles. The standard InChI is InChI=1S/C20H27N3O6/c1-20(2,3)29-19(24)22-11-5-4-7-14(22)8-6-12-27-18-21-16-13-15(23(25)26)9-10-17(16)28-18/h9-10,13-14H,4-8,11-12H2,1-3H3/t14-/m0/s1. The van der Waals surface area contributed by atoms with E-state index in [1.165, 1.54) is 18.2 Å². The Kier molecular flexibility index (Phi) is 6.24. The van der Waals surface area contributed by atoms with Crippen LogP contribution in [0, 0.1) is 10.1 Å². The number of amides is 1. The number of benzene rings is 1. The molecule has 1 aliphatic rings. The number of nitrogens with zero attached hydrogens (tertiary/aromatic N) is 3. The zero-order valence-electron chi connectivity index (χ0n) is 17.1. The van der Waals surface area contributed by atoms with Gasteiger partial charge in [0.2, 0.25) is 0 Å². The van der Waals surface area contributed by atoms with Crippen LogP contribution in [0.1, 0.15) is 52.9 Å². The summed E-state index contributed by atoms with van der Waals surface area (Å²) in [5, 5.41) is 10.8. The van der Waals surface area contributed by atoms with E-state index in [4.69, 9.17) is 13.9 Å². The average Bonchev–Trinajstić information content (AvgIpc) is 3.06. The van der Waals surface area contributed by atoms with Crippen LogP contribution in [0.25, 0.3) is 11.1 Å². The quantitative estimate of drug-likeness (QED) is 0.390. The largest absolute Gasteiger partial charge is 0.450 e. The molecule has 0 bridgehead atoms. The predicted molar refractivity (Wildman–Crippen MR) is 106 cm³/mol. The first-order chi connectivity index (χ1) is 13.7. The molecule has 158 valence electrons. The highest BCUT2D eigenvalue weighted by Crippen LogP contribution is 2.26. The predicted octanol–water partition coefficient (Wildman–Crippen LogP) is 4.68. The van der Waals surface area contributed by atoms with Crippen LogP contribution in [-0.2, 0) is 4.74 Å². The van der Waals surface area contributed by atoms with E-state index in [2.05, 4.69) is 4.98 Å². The normalized spacial score (nSPS) is 17.3. The lowest BCUT2D eigenvalue weighted by atomic mass is 9.98. The number of hydrogen-bond acceptors (Lipinski definition) is 7. The zero-order valence-corrected chi connectivity index (χ0v) is 17.1. The van der Waals surface area contributed by atoms with Crippen molar-refractivity contribution >= 4 is 22.9 Å². The minimum Gasteiger partial charge on any atom is -0.450 e. The summed E-state index contributed by atoms with van der Waals surface area (Å²) < 4.78 is 16.6. The SMILES string of the molecule is CC(C)(C)OC(=O)N1CCCC[C@H]1CCCOc1nc2cc([N+](=O)[O-])ccc2o1. The van der Waals surface area contributed by atoms with E-state index in [0.717, 1.165) is 32.1 Å². The van der Waals surface area contributed by atoms with E-state index in [-0.39, 0.29) is 23.9 Å². The number of aromatic nitrogens is 1. The van der Waals surface area contributed by atoms with Crippen molar-refractivity contribution in [3.8, 4) is 6.08 Å². The smallest absolute Gasteiger partial charge is 0.410 e. The van der Waals surface area contributed by atoms with E-state index in [0.29, 0.717) is 24.3 Å². The summed E-state index contributed by atoms with van der Waals surface area (Å²) in [4.78, 5) is 28.8. The second kappa shape index (κ2) is 8.67. The Hall–Kier alpha value is -2.84. The van der Waals surface area contributed by atoms with Gasteiger partial charge in [0.25, 0.3) is 5.69 Å². The number of piperidine rings is 1. The van der Waals surface area contributed by atoms with E-state index in [9.17, 15) is 14.9 Å². The molecule has 1 saturated heterocycles. The maximum absolute atomic E-state index is 12.5. The number of nitro benzene ring substituents is 1. The fraction of sp³-hybridized carbons (Fsp3) is 0.600. The maximum Gasteiger partial charge on any atom is 0.410 e. The zero-order chi connectivity index (χ0) is 21.0. The first-order valence-electron chi connectivity index (χ1n) is 9.90. The molecule has 1 aromatic heterocycles. The number of ether oxygens (including phenoxy) is 2. The van der Waals surface area contributed by atoms with E-state index >= 15 is 0 Å². The molecule has 9 nitrogen and oxygen atoms in total. The topological polar surface area (TPSA) is 108 Å². The Labute approximate surface area is 169 Å². The molecule has 9 heteroatoms. The third-order valence-corrected chi connectivity index (χ3v) is 4.72. The van der Waals surface area contributed by atoms with Crippen LogP contribution in [0.5, 0.6) is 6.08 Å². The van der Waals surface area contributed by atoms with Crippen LogP contribution in [0.2, 0.25) is 0 Å². The van der Waals surface area contributed by atoms with Gasteiger partial charge in [0.15, 0.2) is 5.58 Å². The minimum atomic E-state index is -0.510. The molecule has 3 rings (SSSR count). The monoisotopic (exact) mass is 405 g/mol. The van der Waals surface area contributed by atoms with Gasteiger partial charge in [0.05, 0.1) is 11.5 Å².